The normalized spacial score (nSPS) is 12.8. The van der Waals surface area contributed by atoms with Crippen LogP contribution in [-0.4, -0.2) is 6.23 Å². The molecule has 2 N–H and O–H groups in total. The lowest BCUT2D eigenvalue weighted by Crippen LogP contribution is -2.20. The number of hydrogen-bond acceptors (Lipinski definition) is 4. The zero-order valence-corrected chi connectivity index (χ0v) is 4.83. The van der Waals surface area contributed by atoms with Crippen molar-refractivity contribution in [1.29, 1.82) is 0 Å². The highest BCUT2D eigenvalue weighted by Crippen LogP contribution is 1.93. The van der Waals surface area contributed by atoms with Crippen molar-refractivity contribution in [2.75, 3.05) is 0 Å². The summed E-state index contributed by atoms with van der Waals surface area (Å²) in [7, 11) is 0. The molecule has 0 rings (SSSR count). The summed E-state index contributed by atoms with van der Waals surface area (Å²) in [4.78, 5) is 13.5. The minimum Gasteiger partial charge on any atom is -0.345 e. The number of rotatable bonds is 4. The molecule has 0 radical (unpaired) electrons. The van der Waals surface area contributed by atoms with Crippen molar-refractivity contribution < 1.29 is 4.84 Å². The van der Waals surface area contributed by atoms with Crippen molar-refractivity contribution in [2.45, 2.75) is 26.0 Å². The van der Waals surface area contributed by atoms with Gasteiger partial charge in [-0.2, -0.15) is 0 Å². The summed E-state index contributed by atoms with van der Waals surface area (Å²) in [5.41, 5.74) is 5.18. The Morgan fingerprint density at radius 3 is 2.88 bits per heavy atom. The molecule has 4 heteroatoms. The van der Waals surface area contributed by atoms with E-state index in [1.54, 1.807) is 0 Å². The predicted octanol–water partition coefficient (Wildman–Crippen LogP) is 0.769. The fraction of sp³-hybridized carbons (Fsp3) is 1.00. The Morgan fingerprint density at radius 1 is 1.88 bits per heavy atom. The van der Waals surface area contributed by atoms with E-state index in [4.69, 9.17) is 5.73 Å². The smallest absolute Gasteiger partial charge is 0.179 e. The van der Waals surface area contributed by atoms with Crippen LogP contribution in [0.3, 0.4) is 0 Å². The highest BCUT2D eigenvalue weighted by Gasteiger charge is 1.98. The third kappa shape index (κ3) is 3.55. The Morgan fingerprint density at radius 2 is 2.50 bits per heavy atom. The molecule has 0 amide bonds. The molecule has 4 nitrogen and oxygen atoms in total. The van der Waals surface area contributed by atoms with Crippen LogP contribution in [0.1, 0.15) is 19.8 Å². The van der Waals surface area contributed by atoms with Crippen LogP contribution in [0.2, 0.25) is 0 Å². The molecule has 8 heavy (non-hydrogen) atoms. The van der Waals surface area contributed by atoms with Crippen LogP contribution >= 0.6 is 0 Å². The summed E-state index contributed by atoms with van der Waals surface area (Å²) in [5.74, 6) is 0. The van der Waals surface area contributed by atoms with Crippen molar-refractivity contribution in [3.63, 3.8) is 0 Å². The van der Waals surface area contributed by atoms with Gasteiger partial charge in [-0.05, 0) is 0 Å². The highest BCUT2D eigenvalue weighted by molar-refractivity contribution is 4.42. The molecule has 1 unspecified atom stereocenters. The number of nitrogens with zero attached hydrogens (tertiary/aromatic N) is 1. The van der Waals surface area contributed by atoms with Crippen molar-refractivity contribution in [3.8, 4) is 0 Å². The van der Waals surface area contributed by atoms with Crippen LogP contribution in [0, 0.1) is 4.91 Å². The van der Waals surface area contributed by atoms with Gasteiger partial charge in [-0.1, -0.05) is 13.3 Å². The van der Waals surface area contributed by atoms with Gasteiger partial charge < -0.3 is 4.84 Å². The lowest BCUT2D eigenvalue weighted by molar-refractivity contribution is 0.0535. The zero-order valence-electron chi connectivity index (χ0n) is 4.83. The van der Waals surface area contributed by atoms with E-state index in [0.717, 1.165) is 6.42 Å². The first-order valence-corrected chi connectivity index (χ1v) is 2.55. The predicted molar refractivity (Wildman–Crippen MR) is 29.8 cm³/mol. The van der Waals surface area contributed by atoms with E-state index in [1.807, 2.05) is 6.92 Å². The van der Waals surface area contributed by atoms with E-state index in [0.29, 0.717) is 6.42 Å². The minimum atomic E-state index is -0.516. The molecule has 0 heterocycles. The Balaban J connectivity index is 3.03. The lowest BCUT2D eigenvalue weighted by Gasteiger charge is -2.02. The van der Waals surface area contributed by atoms with Crippen molar-refractivity contribution in [1.82, 2.24) is 0 Å². The molecule has 0 spiro atoms. The lowest BCUT2D eigenvalue weighted by atomic mass is 10.3. The van der Waals surface area contributed by atoms with Crippen LogP contribution in [0.4, 0.5) is 0 Å². The van der Waals surface area contributed by atoms with Gasteiger partial charge in [-0.25, -0.2) is 0 Å². The van der Waals surface area contributed by atoms with Gasteiger partial charge in [0.2, 0.25) is 0 Å². The van der Waals surface area contributed by atoms with Gasteiger partial charge in [0, 0.05) is 6.42 Å². The molecule has 0 aliphatic rings. The Kier molecular flexibility index (Phi) is 4.16. The zero-order chi connectivity index (χ0) is 6.41. The SMILES string of the molecule is CCCC(N)ON=O. The summed E-state index contributed by atoms with van der Waals surface area (Å²) in [6, 6.07) is 0. The average Bonchev–Trinajstić information content (AvgIpc) is 1.68. The molecule has 0 aromatic heterocycles. The molecule has 0 aromatic carbocycles. The Bertz CT molecular complexity index is 67.1. The molecule has 48 valence electrons. The van der Waals surface area contributed by atoms with Crippen molar-refractivity contribution >= 4 is 0 Å². The molecule has 0 aliphatic carbocycles. The van der Waals surface area contributed by atoms with Crippen LogP contribution in [-0.2, 0) is 4.84 Å². The van der Waals surface area contributed by atoms with Gasteiger partial charge in [0.05, 0.1) is 0 Å². The first-order chi connectivity index (χ1) is 3.81. The molecular weight excluding hydrogens is 108 g/mol. The van der Waals surface area contributed by atoms with Gasteiger partial charge in [-0.3, -0.25) is 5.73 Å². The van der Waals surface area contributed by atoms with Crippen molar-refractivity contribution in [2.24, 2.45) is 11.1 Å². The molecule has 0 saturated heterocycles. The summed E-state index contributed by atoms with van der Waals surface area (Å²) in [6.45, 7) is 1.95. The van der Waals surface area contributed by atoms with E-state index >= 15 is 0 Å². The van der Waals surface area contributed by atoms with Crippen LogP contribution < -0.4 is 5.73 Å². The average molecular weight is 118 g/mol. The quantitative estimate of drug-likeness (QED) is 0.337. The summed E-state index contributed by atoms with van der Waals surface area (Å²) in [6.07, 6.45) is 1.06. The first kappa shape index (κ1) is 7.36. The third-order valence-corrected chi connectivity index (χ3v) is 0.752. The fourth-order valence-electron chi connectivity index (χ4n) is 0.392. The topological polar surface area (TPSA) is 64.7 Å². The second kappa shape index (κ2) is 4.52. The van der Waals surface area contributed by atoms with Crippen molar-refractivity contribution in [3.05, 3.63) is 4.91 Å². The second-order valence-electron chi connectivity index (χ2n) is 1.51. The van der Waals surface area contributed by atoms with Crippen LogP contribution in [0.25, 0.3) is 0 Å². The molecule has 0 bridgehead atoms. The molecule has 0 aromatic rings. The molecule has 0 fully saturated rings. The largest absolute Gasteiger partial charge is 0.345 e. The second-order valence-corrected chi connectivity index (χ2v) is 1.51. The maximum absolute atomic E-state index is 9.34. The van der Waals surface area contributed by atoms with Gasteiger partial charge in [0.1, 0.15) is 0 Å². The van der Waals surface area contributed by atoms with Gasteiger partial charge in [-0.15, -0.1) is 4.91 Å². The molecule has 0 aliphatic heterocycles. The van der Waals surface area contributed by atoms with Crippen LogP contribution in [0.15, 0.2) is 5.34 Å². The number of nitrogens with two attached hydrogens (primary N) is 1. The Labute approximate surface area is 47.9 Å². The van der Waals surface area contributed by atoms with E-state index in [1.165, 1.54) is 0 Å². The minimum absolute atomic E-state index is 0.516. The monoisotopic (exact) mass is 118 g/mol. The maximum atomic E-state index is 9.34. The molecule has 0 saturated carbocycles. The third-order valence-electron chi connectivity index (χ3n) is 0.752. The summed E-state index contributed by atoms with van der Waals surface area (Å²) < 4.78 is 0. The molecular formula is C4H10N2O2. The summed E-state index contributed by atoms with van der Waals surface area (Å²) >= 11 is 0. The van der Waals surface area contributed by atoms with Crippen LogP contribution in [0.5, 0.6) is 0 Å². The van der Waals surface area contributed by atoms with E-state index in [-0.39, 0.29) is 0 Å². The first-order valence-electron chi connectivity index (χ1n) is 2.55. The van der Waals surface area contributed by atoms with Gasteiger partial charge in [0.15, 0.2) is 11.6 Å². The highest BCUT2D eigenvalue weighted by atomic mass is 16.7. The maximum Gasteiger partial charge on any atom is 0.179 e. The van der Waals surface area contributed by atoms with Gasteiger partial charge >= 0.3 is 0 Å². The summed E-state index contributed by atoms with van der Waals surface area (Å²) in [5, 5.41) is 2.18. The Hall–Kier alpha value is -0.640. The van der Waals surface area contributed by atoms with E-state index in [2.05, 4.69) is 10.2 Å². The van der Waals surface area contributed by atoms with Gasteiger partial charge in [0.25, 0.3) is 0 Å². The molecule has 1 atom stereocenters. The van der Waals surface area contributed by atoms with E-state index < -0.39 is 6.23 Å². The van der Waals surface area contributed by atoms with E-state index in [9.17, 15) is 4.91 Å². The fourth-order valence-corrected chi connectivity index (χ4v) is 0.392. The number of hydrogen-bond donors (Lipinski definition) is 1. The standard InChI is InChI=1S/C4H10N2O2/c1-2-3-4(5)8-6-7/h4H,2-3,5H2,1H3.